The smallest absolute Gasteiger partial charge is 0.315 e. The molecule has 1 heterocycles. The SMILES string of the molecule is O=C(NCc1ccccc1)c1nc(CCS(=O)(=O)c2ccccc2)no1. The van der Waals surface area contributed by atoms with Gasteiger partial charge in [0.05, 0.1) is 10.6 Å². The maximum absolute atomic E-state index is 12.2. The maximum atomic E-state index is 12.2. The molecule has 3 rings (SSSR count). The van der Waals surface area contributed by atoms with Gasteiger partial charge in [-0.25, -0.2) is 8.42 Å². The first-order valence-corrected chi connectivity index (χ1v) is 9.62. The van der Waals surface area contributed by atoms with Crippen LogP contribution in [0.4, 0.5) is 0 Å². The summed E-state index contributed by atoms with van der Waals surface area (Å²) in [4.78, 5) is 16.2. The predicted octanol–water partition coefficient (Wildman–Crippen LogP) is 2.02. The molecule has 0 saturated carbocycles. The van der Waals surface area contributed by atoms with Crippen molar-refractivity contribution in [3.63, 3.8) is 0 Å². The molecule has 0 bridgehead atoms. The second-order valence-corrected chi connectivity index (χ2v) is 7.68. The first kappa shape index (κ1) is 17.8. The Kier molecular flexibility index (Phi) is 5.43. The van der Waals surface area contributed by atoms with E-state index >= 15 is 0 Å². The number of nitrogens with zero attached hydrogens (tertiary/aromatic N) is 2. The molecule has 1 amide bonds. The minimum atomic E-state index is -3.44. The van der Waals surface area contributed by atoms with Crippen molar-refractivity contribution >= 4 is 15.7 Å². The van der Waals surface area contributed by atoms with Crippen molar-refractivity contribution in [3.05, 3.63) is 77.9 Å². The van der Waals surface area contributed by atoms with Crippen molar-refractivity contribution in [2.24, 2.45) is 0 Å². The fourth-order valence-corrected chi connectivity index (χ4v) is 3.53. The molecule has 3 aromatic rings. The van der Waals surface area contributed by atoms with Gasteiger partial charge in [-0.15, -0.1) is 0 Å². The number of sulfone groups is 1. The molecule has 0 aliphatic heterocycles. The number of nitrogens with one attached hydrogen (secondary N) is 1. The summed E-state index contributed by atoms with van der Waals surface area (Å²) in [6.07, 6.45) is 0.0622. The largest absolute Gasteiger partial charge is 0.344 e. The van der Waals surface area contributed by atoms with Gasteiger partial charge in [0.1, 0.15) is 0 Å². The standard InChI is InChI=1S/C18H17N3O4S/c22-17(19-13-14-7-3-1-4-8-14)18-20-16(21-25-18)11-12-26(23,24)15-9-5-2-6-10-15/h1-10H,11-13H2,(H,19,22). The van der Waals surface area contributed by atoms with Crippen LogP contribution < -0.4 is 5.32 Å². The second-order valence-electron chi connectivity index (χ2n) is 5.57. The van der Waals surface area contributed by atoms with E-state index in [0.717, 1.165) is 5.56 Å². The summed E-state index contributed by atoms with van der Waals surface area (Å²) in [6, 6.07) is 17.5. The molecule has 8 heteroatoms. The quantitative estimate of drug-likeness (QED) is 0.682. The molecule has 0 saturated heterocycles. The minimum Gasteiger partial charge on any atom is -0.344 e. The molecule has 0 radical (unpaired) electrons. The van der Waals surface area contributed by atoms with Crippen LogP contribution in [0.3, 0.4) is 0 Å². The van der Waals surface area contributed by atoms with E-state index in [2.05, 4.69) is 15.5 Å². The van der Waals surface area contributed by atoms with E-state index in [9.17, 15) is 13.2 Å². The summed E-state index contributed by atoms with van der Waals surface area (Å²) in [5.74, 6) is -0.678. The Hall–Kier alpha value is -3.00. The summed E-state index contributed by atoms with van der Waals surface area (Å²) in [6.45, 7) is 0.333. The lowest BCUT2D eigenvalue weighted by Gasteiger charge is -2.02. The Bertz CT molecular complexity index is 970. The molecule has 0 fully saturated rings. The molecule has 134 valence electrons. The van der Waals surface area contributed by atoms with Crippen molar-refractivity contribution in [2.45, 2.75) is 17.9 Å². The van der Waals surface area contributed by atoms with Crippen molar-refractivity contribution in [1.82, 2.24) is 15.5 Å². The molecule has 1 N–H and O–H groups in total. The highest BCUT2D eigenvalue weighted by Crippen LogP contribution is 2.11. The first-order chi connectivity index (χ1) is 12.5. The maximum Gasteiger partial charge on any atom is 0.315 e. The van der Waals surface area contributed by atoms with Crippen molar-refractivity contribution < 1.29 is 17.7 Å². The number of aromatic nitrogens is 2. The van der Waals surface area contributed by atoms with Crippen molar-refractivity contribution in [1.29, 1.82) is 0 Å². The van der Waals surface area contributed by atoms with Crippen LogP contribution in [0.25, 0.3) is 0 Å². The molecule has 0 spiro atoms. The highest BCUT2D eigenvalue weighted by atomic mass is 32.2. The summed E-state index contributed by atoms with van der Waals surface area (Å²) in [5.41, 5.74) is 0.939. The van der Waals surface area contributed by atoms with Gasteiger partial charge in [0.15, 0.2) is 15.7 Å². The number of benzene rings is 2. The average molecular weight is 371 g/mol. The van der Waals surface area contributed by atoms with Crippen molar-refractivity contribution in [3.8, 4) is 0 Å². The van der Waals surface area contributed by atoms with E-state index in [-0.39, 0.29) is 28.8 Å². The molecule has 7 nitrogen and oxygen atoms in total. The Morgan fingerprint density at radius 2 is 1.65 bits per heavy atom. The fourth-order valence-electron chi connectivity index (χ4n) is 2.27. The molecule has 0 aliphatic rings. The molecular weight excluding hydrogens is 354 g/mol. The zero-order valence-electron chi connectivity index (χ0n) is 13.8. The van der Waals surface area contributed by atoms with Crippen LogP contribution in [0.5, 0.6) is 0 Å². The van der Waals surface area contributed by atoms with Crippen LogP contribution in [0.1, 0.15) is 22.1 Å². The van der Waals surface area contributed by atoms with E-state index in [0.29, 0.717) is 6.54 Å². The Morgan fingerprint density at radius 3 is 2.35 bits per heavy atom. The number of rotatable bonds is 7. The zero-order chi connectivity index (χ0) is 18.4. The number of hydrogen-bond donors (Lipinski definition) is 1. The third-order valence-corrected chi connectivity index (χ3v) is 5.39. The zero-order valence-corrected chi connectivity index (χ0v) is 14.6. The van der Waals surface area contributed by atoms with Crippen molar-refractivity contribution in [2.75, 3.05) is 5.75 Å². The molecule has 2 aromatic carbocycles. The van der Waals surface area contributed by atoms with Crippen LogP contribution in [-0.4, -0.2) is 30.2 Å². The monoisotopic (exact) mass is 371 g/mol. The first-order valence-electron chi connectivity index (χ1n) is 7.97. The van der Waals surface area contributed by atoms with Crippen LogP contribution in [-0.2, 0) is 22.8 Å². The van der Waals surface area contributed by atoms with E-state index in [1.807, 2.05) is 30.3 Å². The molecule has 1 aromatic heterocycles. The molecular formula is C18H17N3O4S. The van der Waals surface area contributed by atoms with Gasteiger partial charge in [0, 0.05) is 13.0 Å². The lowest BCUT2D eigenvalue weighted by molar-refractivity contribution is 0.0907. The minimum absolute atomic E-state index is 0.0622. The average Bonchev–Trinajstić information content (AvgIpc) is 3.15. The molecule has 26 heavy (non-hydrogen) atoms. The normalized spacial score (nSPS) is 11.2. The van der Waals surface area contributed by atoms with Gasteiger partial charge < -0.3 is 9.84 Å². The van der Waals surface area contributed by atoms with Gasteiger partial charge in [-0.05, 0) is 17.7 Å². The number of carbonyl (C=O) groups is 1. The van der Waals surface area contributed by atoms with Gasteiger partial charge in [-0.2, -0.15) is 4.98 Å². The third-order valence-electron chi connectivity index (χ3n) is 3.65. The van der Waals surface area contributed by atoms with Gasteiger partial charge in [-0.1, -0.05) is 53.7 Å². The Morgan fingerprint density at radius 1 is 1.00 bits per heavy atom. The summed E-state index contributed by atoms with van der Waals surface area (Å²) in [7, 11) is -3.44. The second kappa shape index (κ2) is 7.92. The third kappa shape index (κ3) is 4.54. The van der Waals surface area contributed by atoms with E-state index in [1.165, 1.54) is 12.1 Å². The number of carbonyl (C=O) groups excluding carboxylic acids is 1. The number of hydrogen-bond acceptors (Lipinski definition) is 6. The summed E-state index contributed by atoms with van der Waals surface area (Å²) < 4.78 is 29.4. The highest BCUT2D eigenvalue weighted by molar-refractivity contribution is 7.91. The lowest BCUT2D eigenvalue weighted by atomic mass is 10.2. The fraction of sp³-hybridized carbons (Fsp3) is 0.167. The Labute approximate surface area is 151 Å². The summed E-state index contributed by atoms with van der Waals surface area (Å²) >= 11 is 0. The van der Waals surface area contributed by atoms with Crippen LogP contribution in [0.15, 0.2) is 70.1 Å². The molecule has 0 unspecified atom stereocenters. The molecule has 0 atom stereocenters. The lowest BCUT2D eigenvalue weighted by Crippen LogP contribution is -2.23. The number of amides is 1. The van der Waals surface area contributed by atoms with Crippen LogP contribution in [0.2, 0.25) is 0 Å². The highest BCUT2D eigenvalue weighted by Gasteiger charge is 2.18. The van der Waals surface area contributed by atoms with Crippen LogP contribution >= 0.6 is 0 Å². The molecule has 0 aliphatic carbocycles. The Balaban J connectivity index is 1.57. The van der Waals surface area contributed by atoms with Gasteiger partial charge >= 0.3 is 11.8 Å². The van der Waals surface area contributed by atoms with Gasteiger partial charge in [-0.3, -0.25) is 4.79 Å². The van der Waals surface area contributed by atoms with Crippen LogP contribution in [0, 0.1) is 0 Å². The summed E-state index contributed by atoms with van der Waals surface area (Å²) in [5, 5.41) is 6.35. The topological polar surface area (TPSA) is 102 Å². The van der Waals surface area contributed by atoms with E-state index in [4.69, 9.17) is 4.52 Å². The van der Waals surface area contributed by atoms with Gasteiger partial charge in [0.2, 0.25) is 0 Å². The predicted molar refractivity (Wildman–Crippen MR) is 94.1 cm³/mol. The number of aryl methyl sites for hydroxylation is 1. The van der Waals surface area contributed by atoms with Gasteiger partial charge in [0.25, 0.3) is 0 Å². The van der Waals surface area contributed by atoms with E-state index < -0.39 is 15.7 Å². The van der Waals surface area contributed by atoms with E-state index in [1.54, 1.807) is 18.2 Å².